The van der Waals surface area contributed by atoms with Crippen molar-refractivity contribution in [1.29, 1.82) is 0 Å². The van der Waals surface area contributed by atoms with Crippen molar-refractivity contribution in [1.82, 2.24) is 5.32 Å². The molecule has 0 radical (unpaired) electrons. The second kappa shape index (κ2) is 6.96. The molecule has 2 atom stereocenters. The van der Waals surface area contributed by atoms with Crippen LogP contribution in [0.1, 0.15) is 25.0 Å². The first-order chi connectivity index (χ1) is 12.0. The van der Waals surface area contributed by atoms with Gasteiger partial charge in [-0.1, -0.05) is 78.9 Å². The van der Waals surface area contributed by atoms with Gasteiger partial charge in [-0.2, -0.15) is 0 Å². The zero-order valence-electron chi connectivity index (χ0n) is 14.9. The van der Waals surface area contributed by atoms with Crippen molar-refractivity contribution in [3.8, 4) is 0 Å². The van der Waals surface area contributed by atoms with Gasteiger partial charge < -0.3 is 9.84 Å². The Kier molecular flexibility index (Phi) is 4.91. The Morgan fingerprint density at radius 3 is 1.96 bits per heavy atom. The van der Waals surface area contributed by atoms with E-state index in [0.29, 0.717) is 0 Å². The number of allylic oxidation sites excluding steroid dienone is 2. The fraction of sp³-hybridized carbons (Fsp3) is 0.273. The standard InChI is InChI=1S/C22H25NO2/c1-17-11-10-16-20(24)22(17,25-3)23-21(2,18-12-6-4-7-13-18)19-14-8-5-9-15-19/h4-16,20,23-24H,1-3H3. The number of nitrogens with one attached hydrogen (secondary N) is 1. The zero-order chi connectivity index (χ0) is 17.9. The molecule has 0 heterocycles. The van der Waals surface area contributed by atoms with Gasteiger partial charge in [0.2, 0.25) is 0 Å². The Hall–Kier alpha value is -2.20. The van der Waals surface area contributed by atoms with Crippen LogP contribution in [0.2, 0.25) is 0 Å². The maximum absolute atomic E-state index is 10.7. The van der Waals surface area contributed by atoms with E-state index in [1.807, 2.05) is 55.5 Å². The fourth-order valence-corrected chi connectivity index (χ4v) is 3.53. The Bertz CT molecular complexity index is 728. The van der Waals surface area contributed by atoms with Crippen molar-refractivity contribution in [3.63, 3.8) is 0 Å². The van der Waals surface area contributed by atoms with Gasteiger partial charge in [-0.05, 0) is 30.5 Å². The lowest BCUT2D eigenvalue weighted by molar-refractivity contribution is -0.0945. The Labute approximate surface area is 149 Å². The minimum Gasteiger partial charge on any atom is -0.384 e. The summed E-state index contributed by atoms with van der Waals surface area (Å²) in [5.41, 5.74) is 1.61. The average Bonchev–Trinajstić information content (AvgIpc) is 2.66. The van der Waals surface area contributed by atoms with Crippen LogP contribution < -0.4 is 5.32 Å². The van der Waals surface area contributed by atoms with Crippen molar-refractivity contribution < 1.29 is 9.84 Å². The molecule has 2 N–H and O–H groups in total. The summed E-state index contributed by atoms with van der Waals surface area (Å²) in [6, 6.07) is 20.5. The van der Waals surface area contributed by atoms with Crippen LogP contribution >= 0.6 is 0 Å². The molecular weight excluding hydrogens is 310 g/mol. The summed E-state index contributed by atoms with van der Waals surface area (Å²) >= 11 is 0. The highest BCUT2D eigenvalue weighted by Crippen LogP contribution is 2.36. The smallest absolute Gasteiger partial charge is 0.171 e. The summed E-state index contributed by atoms with van der Waals surface area (Å²) in [4.78, 5) is 0. The molecule has 3 rings (SSSR count). The molecule has 1 aliphatic carbocycles. The molecule has 2 unspecified atom stereocenters. The molecule has 3 heteroatoms. The van der Waals surface area contributed by atoms with Gasteiger partial charge in [0, 0.05) is 7.11 Å². The van der Waals surface area contributed by atoms with Gasteiger partial charge in [0.05, 0.1) is 5.54 Å². The van der Waals surface area contributed by atoms with Crippen LogP contribution in [0.15, 0.2) is 84.5 Å². The number of rotatable bonds is 5. The lowest BCUT2D eigenvalue weighted by atomic mass is 9.81. The molecule has 0 saturated carbocycles. The van der Waals surface area contributed by atoms with Crippen molar-refractivity contribution in [2.75, 3.05) is 7.11 Å². The van der Waals surface area contributed by atoms with Crippen LogP contribution in [-0.4, -0.2) is 24.0 Å². The summed E-state index contributed by atoms with van der Waals surface area (Å²) < 4.78 is 5.86. The molecule has 2 aromatic carbocycles. The predicted octanol–water partition coefficient (Wildman–Crippen LogP) is 3.76. The van der Waals surface area contributed by atoms with E-state index in [-0.39, 0.29) is 0 Å². The Morgan fingerprint density at radius 1 is 1.00 bits per heavy atom. The van der Waals surface area contributed by atoms with E-state index >= 15 is 0 Å². The van der Waals surface area contributed by atoms with Gasteiger partial charge in [-0.15, -0.1) is 0 Å². The van der Waals surface area contributed by atoms with E-state index in [1.165, 1.54) is 0 Å². The molecule has 25 heavy (non-hydrogen) atoms. The Balaban J connectivity index is 2.13. The third-order valence-electron chi connectivity index (χ3n) is 5.10. The van der Waals surface area contributed by atoms with E-state index in [9.17, 15) is 5.11 Å². The van der Waals surface area contributed by atoms with E-state index in [4.69, 9.17) is 4.74 Å². The van der Waals surface area contributed by atoms with Crippen LogP contribution in [0.3, 0.4) is 0 Å². The minimum atomic E-state index is -0.991. The molecule has 0 saturated heterocycles. The fourth-order valence-electron chi connectivity index (χ4n) is 3.53. The van der Waals surface area contributed by atoms with Gasteiger partial charge in [-0.3, -0.25) is 5.32 Å². The van der Waals surface area contributed by atoms with E-state index in [0.717, 1.165) is 16.7 Å². The van der Waals surface area contributed by atoms with Gasteiger partial charge in [-0.25, -0.2) is 0 Å². The molecule has 2 aromatic rings. The lowest BCUT2D eigenvalue weighted by Gasteiger charge is -2.46. The van der Waals surface area contributed by atoms with Crippen LogP contribution in [-0.2, 0) is 10.3 Å². The van der Waals surface area contributed by atoms with E-state index in [1.54, 1.807) is 13.2 Å². The third kappa shape index (κ3) is 3.07. The second-order valence-electron chi connectivity index (χ2n) is 6.60. The first kappa shape index (κ1) is 17.6. The quantitative estimate of drug-likeness (QED) is 0.818. The van der Waals surface area contributed by atoms with Gasteiger partial charge >= 0.3 is 0 Å². The summed E-state index contributed by atoms with van der Waals surface area (Å²) in [6.07, 6.45) is 4.80. The van der Waals surface area contributed by atoms with E-state index in [2.05, 4.69) is 36.5 Å². The highest BCUT2D eigenvalue weighted by atomic mass is 16.5. The lowest BCUT2D eigenvalue weighted by Crippen LogP contribution is -2.63. The van der Waals surface area contributed by atoms with Crippen LogP contribution in [0.4, 0.5) is 0 Å². The molecular formula is C22H25NO2. The average molecular weight is 335 g/mol. The number of ether oxygens (including phenoxy) is 1. The normalized spacial score (nSPS) is 23.4. The first-order valence-corrected chi connectivity index (χ1v) is 8.52. The molecule has 130 valence electrons. The number of hydrogen-bond donors (Lipinski definition) is 2. The highest BCUT2D eigenvalue weighted by molar-refractivity contribution is 5.40. The molecule has 0 aromatic heterocycles. The number of benzene rings is 2. The largest absolute Gasteiger partial charge is 0.384 e. The monoisotopic (exact) mass is 335 g/mol. The molecule has 0 fully saturated rings. The molecule has 0 aliphatic heterocycles. The van der Waals surface area contributed by atoms with Crippen molar-refractivity contribution in [3.05, 3.63) is 95.6 Å². The van der Waals surface area contributed by atoms with Gasteiger partial charge in [0.25, 0.3) is 0 Å². The highest BCUT2D eigenvalue weighted by Gasteiger charge is 2.46. The predicted molar refractivity (Wildman–Crippen MR) is 101 cm³/mol. The Morgan fingerprint density at radius 2 is 1.52 bits per heavy atom. The number of aliphatic hydroxyl groups is 1. The summed E-state index contributed by atoms with van der Waals surface area (Å²) in [5, 5.41) is 14.4. The summed E-state index contributed by atoms with van der Waals surface area (Å²) in [7, 11) is 1.63. The molecule has 3 nitrogen and oxygen atoms in total. The van der Waals surface area contributed by atoms with Crippen molar-refractivity contribution in [2.45, 2.75) is 31.2 Å². The zero-order valence-corrected chi connectivity index (χ0v) is 14.9. The topological polar surface area (TPSA) is 41.5 Å². The summed E-state index contributed by atoms with van der Waals surface area (Å²) in [6.45, 7) is 4.09. The molecule has 0 amide bonds. The van der Waals surface area contributed by atoms with Gasteiger partial charge in [0.1, 0.15) is 6.10 Å². The SMILES string of the molecule is COC1(NC(C)(c2ccccc2)c2ccccc2)C(C)=CC=CC1O. The van der Waals surface area contributed by atoms with Crippen LogP contribution in [0.25, 0.3) is 0 Å². The molecule has 1 aliphatic rings. The molecule has 0 spiro atoms. The van der Waals surface area contributed by atoms with Crippen LogP contribution in [0, 0.1) is 0 Å². The maximum Gasteiger partial charge on any atom is 0.171 e. The van der Waals surface area contributed by atoms with E-state index < -0.39 is 17.4 Å². The molecule has 0 bridgehead atoms. The first-order valence-electron chi connectivity index (χ1n) is 8.52. The van der Waals surface area contributed by atoms with Gasteiger partial charge in [0.15, 0.2) is 5.72 Å². The third-order valence-corrected chi connectivity index (χ3v) is 5.10. The number of aliphatic hydroxyl groups excluding tert-OH is 1. The maximum atomic E-state index is 10.7. The van der Waals surface area contributed by atoms with Crippen LogP contribution in [0.5, 0.6) is 0 Å². The number of methoxy groups -OCH3 is 1. The van der Waals surface area contributed by atoms with Crippen molar-refractivity contribution >= 4 is 0 Å². The second-order valence-corrected chi connectivity index (χ2v) is 6.60. The van der Waals surface area contributed by atoms with Crippen molar-refractivity contribution in [2.24, 2.45) is 0 Å². The summed E-state index contributed by atoms with van der Waals surface area (Å²) in [5.74, 6) is 0. The number of hydrogen-bond acceptors (Lipinski definition) is 3. The minimum absolute atomic E-state index is 0.542.